The Morgan fingerprint density at radius 1 is 0.952 bits per heavy atom. The van der Waals surface area contributed by atoms with Gasteiger partial charge in [-0.1, -0.05) is 41.9 Å². The Balaban J connectivity index is 2.52. The maximum atomic E-state index is 11.4. The van der Waals surface area contributed by atoms with E-state index in [2.05, 4.69) is 0 Å². The number of hydrogen-bond donors (Lipinski definition) is 0. The fourth-order valence-corrected chi connectivity index (χ4v) is 2.54. The third kappa shape index (κ3) is 3.30. The molecule has 10 heteroatoms. The van der Waals surface area contributed by atoms with Gasteiger partial charge in [-0.25, -0.2) is 0 Å². The molecule has 0 spiro atoms. The van der Waals surface area contributed by atoms with Crippen LogP contribution < -0.4 is 0 Å². The minimum atomic E-state index is -2.66. The molecule has 3 atom stereocenters. The maximum absolute atomic E-state index is 11.4. The summed E-state index contributed by atoms with van der Waals surface area (Å²) in [4.78, 5) is 22.8. The summed E-state index contributed by atoms with van der Waals surface area (Å²) < 4.78 is 14.9. The summed E-state index contributed by atoms with van der Waals surface area (Å²) in [5, 5.41) is -10.2. The van der Waals surface area contributed by atoms with Crippen molar-refractivity contribution in [1.82, 2.24) is 0 Å². The topological polar surface area (TPSA) is 61.8 Å². The molecule has 3 unspecified atom stereocenters. The van der Waals surface area contributed by atoms with E-state index in [4.69, 9.17) is 72.2 Å². The fourth-order valence-electron chi connectivity index (χ4n) is 1.48. The molecule has 0 saturated carbocycles. The van der Waals surface area contributed by atoms with Crippen molar-refractivity contribution in [2.75, 3.05) is 0 Å². The molecule has 0 N–H and O–H groups in total. The summed E-state index contributed by atoms with van der Waals surface area (Å²) in [6.07, 6.45) is 0. The highest BCUT2D eigenvalue weighted by Crippen LogP contribution is 2.50. The van der Waals surface area contributed by atoms with E-state index >= 15 is 0 Å². The number of hydrogen-bond acceptors (Lipinski definition) is 5. The highest BCUT2D eigenvalue weighted by molar-refractivity contribution is 6.71. The number of carbonyl (C=O) groups excluding carboxylic acids is 2. The Bertz CT molecular complexity index is 554. The second-order valence-corrected chi connectivity index (χ2v) is 6.01. The van der Waals surface area contributed by atoms with Crippen molar-refractivity contribution < 1.29 is 23.8 Å². The average molecular weight is 397 g/mol. The van der Waals surface area contributed by atoms with Crippen LogP contribution in [-0.4, -0.2) is 21.0 Å². The number of halogens is 5. The normalized spacial score (nSPS) is 36.2. The van der Waals surface area contributed by atoms with Gasteiger partial charge in [-0.2, -0.15) is 0 Å². The Labute approximate surface area is 143 Å². The largest absolute Gasteiger partial charge is 0.333 e. The zero-order valence-corrected chi connectivity index (χ0v) is 13.6. The quantitative estimate of drug-likeness (QED) is 0.339. The van der Waals surface area contributed by atoms with E-state index < -0.39 is 26.2 Å². The lowest BCUT2D eigenvalue weighted by Crippen LogP contribution is -2.59. The van der Waals surface area contributed by atoms with Crippen LogP contribution in [0.5, 0.6) is 0 Å². The molecule has 1 aromatic carbocycles. The van der Waals surface area contributed by atoms with Gasteiger partial charge in [0, 0.05) is 5.56 Å². The molecule has 1 heterocycles. The Morgan fingerprint density at radius 2 is 1.52 bits per heavy atom. The van der Waals surface area contributed by atoms with Crippen LogP contribution in [0.3, 0.4) is 0 Å². The van der Waals surface area contributed by atoms with Crippen molar-refractivity contribution in [3.05, 3.63) is 35.9 Å². The molecule has 0 aliphatic carbocycles. The zero-order valence-electron chi connectivity index (χ0n) is 9.82. The van der Waals surface area contributed by atoms with Gasteiger partial charge < -0.3 is 0 Å². The van der Waals surface area contributed by atoms with Gasteiger partial charge in [0.1, 0.15) is 0 Å². The van der Waals surface area contributed by atoms with Gasteiger partial charge in [0.15, 0.2) is 0 Å². The first-order valence-corrected chi connectivity index (χ1v) is 7.13. The molecule has 1 aromatic rings. The minimum absolute atomic E-state index is 0.181. The van der Waals surface area contributed by atoms with Crippen LogP contribution in [0, 0.1) is 0 Å². The van der Waals surface area contributed by atoms with E-state index in [-0.39, 0.29) is 5.56 Å². The molecule has 114 valence electrons. The Hall–Kier alpha value is -0.110. The number of rotatable bonds is 3. The third-order valence-corrected chi connectivity index (χ3v) is 4.09. The second-order valence-electron chi connectivity index (χ2n) is 3.83. The van der Waals surface area contributed by atoms with E-state index in [0.29, 0.717) is 0 Å². The van der Waals surface area contributed by atoms with Crippen LogP contribution in [0.1, 0.15) is 5.56 Å². The molecule has 0 amide bonds. The molecule has 2 rings (SSSR count). The van der Waals surface area contributed by atoms with E-state index in [1.54, 1.807) is 18.2 Å². The molecule has 0 radical (unpaired) electrons. The molecule has 1 fully saturated rings. The van der Waals surface area contributed by atoms with Crippen LogP contribution in [-0.2, 0) is 29.0 Å². The summed E-state index contributed by atoms with van der Waals surface area (Å²) in [6, 6.07) is 7.83. The predicted molar refractivity (Wildman–Crippen MR) is 76.1 cm³/mol. The number of alkyl halides is 3. The smallest absolute Gasteiger partial charge is 0.279 e. The molecule has 0 bridgehead atoms. The van der Waals surface area contributed by atoms with Crippen molar-refractivity contribution in [1.29, 1.82) is 0 Å². The summed E-state index contributed by atoms with van der Waals surface area (Å²) >= 11 is 28.3. The highest BCUT2D eigenvalue weighted by Gasteiger charge is 2.63. The van der Waals surface area contributed by atoms with Gasteiger partial charge in [0.2, 0.25) is 0 Å². The lowest BCUT2D eigenvalue weighted by molar-refractivity contribution is -0.412. The van der Waals surface area contributed by atoms with Gasteiger partial charge >= 0.3 is 10.5 Å². The van der Waals surface area contributed by atoms with Gasteiger partial charge in [-0.05, 0) is 46.4 Å². The first kappa shape index (κ1) is 17.2. The van der Waals surface area contributed by atoms with E-state index in [0.717, 1.165) is 0 Å². The number of carbonyl (C=O) groups is 2. The Kier molecular flexibility index (Phi) is 4.79. The van der Waals surface area contributed by atoms with Crippen LogP contribution in [0.15, 0.2) is 30.3 Å². The molecule has 0 aromatic heterocycles. The van der Waals surface area contributed by atoms with Crippen LogP contribution in [0.2, 0.25) is 0 Å². The molecular formula is C11H5Cl5O5. The van der Waals surface area contributed by atoms with Crippen LogP contribution in [0.4, 0.5) is 0 Å². The lowest BCUT2D eigenvalue weighted by Gasteiger charge is -2.45. The molecule has 21 heavy (non-hydrogen) atoms. The average Bonchev–Trinajstić information content (AvgIpc) is 2.38. The van der Waals surface area contributed by atoms with Crippen molar-refractivity contribution >= 4 is 68.5 Å². The van der Waals surface area contributed by atoms with Gasteiger partial charge in [0.05, 0.1) is 0 Å². The van der Waals surface area contributed by atoms with Crippen LogP contribution >= 0.6 is 58.0 Å². The summed E-state index contributed by atoms with van der Waals surface area (Å²) in [5.41, 5.74) is 0.181. The SMILES string of the molecule is O=C(Cl)C1(Cl)OC(Cl)(C(=O)Cl)[18O][13C](Cl)(c2ccccc2)O1. The first-order valence-electron chi connectivity index (χ1n) is 5.24. The van der Waals surface area contributed by atoms with Crippen molar-refractivity contribution in [2.45, 2.75) is 15.7 Å². The summed E-state index contributed by atoms with van der Waals surface area (Å²) in [6.45, 7) is 0. The fraction of sp³-hybridized carbons (Fsp3) is 0.273. The van der Waals surface area contributed by atoms with Gasteiger partial charge in [-0.15, -0.1) is 0 Å². The van der Waals surface area contributed by atoms with Crippen molar-refractivity contribution in [3.63, 3.8) is 0 Å². The Morgan fingerprint density at radius 3 is 2.00 bits per heavy atom. The highest BCUT2D eigenvalue weighted by atomic mass is 35.5. The molecule has 1 saturated heterocycles. The number of ether oxygens (including phenoxy) is 3. The minimum Gasteiger partial charge on any atom is -0.279 e. The molecule has 5 nitrogen and oxygen atoms in total. The molecular weight excluding hydrogens is 392 g/mol. The predicted octanol–water partition coefficient (Wildman–Crippen LogP) is 3.42. The van der Waals surface area contributed by atoms with Crippen LogP contribution in [0.25, 0.3) is 0 Å². The number of benzene rings is 1. The van der Waals surface area contributed by atoms with E-state index in [1.807, 2.05) is 0 Å². The standard InChI is InChI=1S/C11H5Cl5O5/c12-7(17)10(15)19-9(14,6-4-2-1-3-5-6)20-11(16,21-10)8(13)18/h1-5H/i9+1,19+2. The zero-order chi connectivity index (χ0) is 15.9. The maximum Gasteiger partial charge on any atom is 0.333 e. The molecule has 1 aliphatic rings. The van der Waals surface area contributed by atoms with E-state index in [1.165, 1.54) is 12.1 Å². The van der Waals surface area contributed by atoms with Gasteiger partial charge in [0.25, 0.3) is 15.7 Å². The molecule has 1 aliphatic heterocycles. The van der Waals surface area contributed by atoms with Gasteiger partial charge in [-0.3, -0.25) is 23.8 Å². The second kappa shape index (κ2) is 5.83. The van der Waals surface area contributed by atoms with E-state index in [9.17, 15) is 9.59 Å². The summed E-state index contributed by atoms with van der Waals surface area (Å²) in [5.74, 6) is 0. The monoisotopic (exact) mass is 395 g/mol. The third-order valence-electron chi connectivity index (χ3n) is 2.38. The summed E-state index contributed by atoms with van der Waals surface area (Å²) in [7, 11) is 0. The lowest BCUT2D eigenvalue weighted by atomic mass is 10.3. The van der Waals surface area contributed by atoms with Crippen molar-refractivity contribution in [3.8, 4) is 0 Å². The van der Waals surface area contributed by atoms with Crippen molar-refractivity contribution in [2.24, 2.45) is 0 Å². The first-order chi connectivity index (χ1) is 9.61.